The Balaban J connectivity index is 2.36. The molecule has 0 aliphatic heterocycles. The van der Waals surface area contributed by atoms with Gasteiger partial charge in [-0.1, -0.05) is 6.92 Å². The van der Waals surface area contributed by atoms with Crippen LogP contribution in [0.2, 0.25) is 0 Å². The molecule has 88 valence electrons. The van der Waals surface area contributed by atoms with Crippen molar-refractivity contribution in [3.8, 4) is 0 Å². The van der Waals surface area contributed by atoms with Crippen LogP contribution in [0.1, 0.15) is 26.2 Å². The fraction of sp³-hybridized carbons (Fsp3) is 0.909. The molecule has 0 aromatic carbocycles. The van der Waals surface area contributed by atoms with Gasteiger partial charge in [0.05, 0.1) is 7.11 Å². The number of hydrogen-bond acceptors (Lipinski definition) is 4. The van der Waals surface area contributed by atoms with E-state index in [4.69, 9.17) is 4.74 Å². The van der Waals surface area contributed by atoms with Crippen LogP contribution in [0.25, 0.3) is 0 Å². The normalized spacial score (nSPS) is 17.9. The molecule has 0 spiro atoms. The Labute approximate surface area is 92.0 Å². The summed E-state index contributed by atoms with van der Waals surface area (Å²) in [6.07, 6.45) is 3.48. The molecule has 1 rings (SSSR count). The van der Waals surface area contributed by atoms with E-state index in [2.05, 4.69) is 17.1 Å². The molecule has 0 aromatic rings. The van der Waals surface area contributed by atoms with Crippen LogP contribution >= 0.6 is 0 Å². The predicted octanol–water partition coefficient (Wildman–Crippen LogP) is 0.622. The molecule has 1 atom stereocenters. The largest absolute Gasteiger partial charge is 0.468 e. The number of carbonyl (C=O) groups is 1. The highest BCUT2D eigenvalue weighted by molar-refractivity contribution is 5.76. The standard InChI is InChI=1S/C11H22N2O2/c1-4-7-13(2)8-10(11(14)15-3)12-9-5-6-9/h9-10,12H,4-8H2,1-3H3. The molecule has 4 heteroatoms. The van der Waals surface area contributed by atoms with E-state index in [9.17, 15) is 4.79 Å². The van der Waals surface area contributed by atoms with Gasteiger partial charge in [-0.25, -0.2) is 0 Å². The zero-order valence-electron chi connectivity index (χ0n) is 9.95. The van der Waals surface area contributed by atoms with E-state index in [0.29, 0.717) is 6.04 Å². The third kappa shape index (κ3) is 4.62. The second-order valence-corrected chi connectivity index (χ2v) is 4.28. The Kier molecular flexibility index (Phi) is 5.05. The van der Waals surface area contributed by atoms with Gasteiger partial charge in [-0.05, 0) is 32.9 Å². The highest BCUT2D eigenvalue weighted by Crippen LogP contribution is 2.19. The summed E-state index contributed by atoms with van der Waals surface area (Å²) < 4.78 is 4.79. The van der Waals surface area contributed by atoms with Crippen molar-refractivity contribution < 1.29 is 9.53 Å². The Morgan fingerprint density at radius 2 is 2.27 bits per heavy atom. The van der Waals surface area contributed by atoms with Crippen LogP contribution in [0.3, 0.4) is 0 Å². The van der Waals surface area contributed by atoms with Gasteiger partial charge in [0.2, 0.25) is 0 Å². The summed E-state index contributed by atoms with van der Waals surface area (Å²) in [7, 11) is 3.48. The lowest BCUT2D eigenvalue weighted by Gasteiger charge is -2.22. The van der Waals surface area contributed by atoms with Crippen LogP contribution in [0, 0.1) is 0 Å². The number of nitrogens with one attached hydrogen (secondary N) is 1. The second kappa shape index (κ2) is 6.08. The van der Waals surface area contributed by atoms with Gasteiger partial charge in [-0.15, -0.1) is 0 Å². The number of esters is 1. The maximum Gasteiger partial charge on any atom is 0.324 e. The summed E-state index contributed by atoms with van der Waals surface area (Å²) in [5, 5.41) is 3.31. The van der Waals surface area contributed by atoms with E-state index >= 15 is 0 Å². The van der Waals surface area contributed by atoms with Crippen molar-refractivity contribution in [3.05, 3.63) is 0 Å². The van der Waals surface area contributed by atoms with Gasteiger partial charge < -0.3 is 15.0 Å². The highest BCUT2D eigenvalue weighted by Gasteiger charge is 2.29. The van der Waals surface area contributed by atoms with Crippen molar-refractivity contribution in [1.29, 1.82) is 0 Å². The first-order chi connectivity index (χ1) is 7.17. The number of nitrogens with zero attached hydrogens (tertiary/aromatic N) is 1. The molecule has 1 aliphatic rings. The lowest BCUT2D eigenvalue weighted by atomic mass is 10.2. The maximum atomic E-state index is 11.5. The molecule has 1 unspecified atom stereocenters. The number of ether oxygens (including phenoxy) is 1. The van der Waals surface area contributed by atoms with E-state index in [1.54, 1.807) is 0 Å². The van der Waals surface area contributed by atoms with E-state index in [0.717, 1.165) is 19.5 Å². The Morgan fingerprint density at radius 3 is 2.73 bits per heavy atom. The number of methoxy groups -OCH3 is 1. The first-order valence-corrected chi connectivity index (χ1v) is 5.69. The molecule has 1 N–H and O–H groups in total. The minimum absolute atomic E-state index is 0.148. The Morgan fingerprint density at radius 1 is 1.60 bits per heavy atom. The zero-order chi connectivity index (χ0) is 11.3. The van der Waals surface area contributed by atoms with Crippen LogP contribution in [0.4, 0.5) is 0 Å². The summed E-state index contributed by atoms with van der Waals surface area (Å²) in [6.45, 7) is 3.88. The smallest absolute Gasteiger partial charge is 0.324 e. The molecule has 0 radical (unpaired) electrons. The van der Waals surface area contributed by atoms with Crippen molar-refractivity contribution in [1.82, 2.24) is 10.2 Å². The molecule has 0 amide bonds. The van der Waals surface area contributed by atoms with Gasteiger partial charge in [0.1, 0.15) is 6.04 Å². The quantitative estimate of drug-likeness (QED) is 0.631. The topological polar surface area (TPSA) is 41.6 Å². The van der Waals surface area contributed by atoms with Gasteiger partial charge in [0.25, 0.3) is 0 Å². The van der Waals surface area contributed by atoms with Crippen LogP contribution in [-0.4, -0.2) is 50.2 Å². The third-order valence-corrected chi connectivity index (χ3v) is 2.60. The van der Waals surface area contributed by atoms with Crippen LogP contribution in [0.5, 0.6) is 0 Å². The average Bonchev–Trinajstić information content (AvgIpc) is 3.00. The summed E-state index contributed by atoms with van der Waals surface area (Å²) in [6, 6.07) is 0.364. The first kappa shape index (κ1) is 12.5. The summed E-state index contributed by atoms with van der Waals surface area (Å²) in [4.78, 5) is 13.7. The van der Waals surface area contributed by atoms with Crippen LogP contribution in [-0.2, 0) is 9.53 Å². The average molecular weight is 214 g/mol. The van der Waals surface area contributed by atoms with Crippen LogP contribution in [0.15, 0.2) is 0 Å². The zero-order valence-corrected chi connectivity index (χ0v) is 9.95. The number of carbonyl (C=O) groups excluding carboxylic acids is 1. The molecule has 4 nitrogen and oxygen atoms in total. The van der Waals surface area contributed by atoms with Crippen molar-refractivity contribution in [2.45, 2.75) is 38.3 Å². The predicted molar refractivity (Wildman–Crippen MR) is 59.7 cm³/mol. The summed E-state index contributed by atoms with van der Waals surface area (Å²) in [5.41, 5.74) is 0. The second-order valence-electron chi connectivity index (χ2n) is 4.28. The molecule has 1 saturated carbocycles. The SMILES string of the molecule is CCCN(C)CC(NC1CC1)C(=O)OC. The van der Waals surface area contributed by atoms with Crippen molar-refractivity contribution in [2.75, 3.05) is 27.2 Å². The summed E-state index contributed by atoms with van der Waals surface area (Å²) >= 11 is 0. The van der Waals surface area contributed by atoms with Gasteiger partial charge in [-0.2, -0.15) is 0 Å². The minimum atomic E-state index is -0.168. The van der Waals surface area contributed by atoms with Crippen LogP contribution < -0.4 is 5.32 Å². The van der Waals surface area contributed by atoms with Gasteiger partial charge in [0.15, 0.2) is 0 Å². The fourth-order valence-electron chi connectivity index (χ4n) is 1.66. The number of hydrogen-bond donors (Lipinski definition) is 1. The van der Waals surface area contributed by atoms with Crippen molar-refractivity contribution in [3.63, 3.8) is 0 Å². The van der Waals surface area contributed by atoms with Crippen molar-refractivity contribution in [2.24, 2.45) is 0 Å². The first-order valence-electron chi connectivity index (χ1n) is 5.69. The highest BCUT2D eigenvalue weighted by atomic mass is 16.5. The minimum Gasteiger partial charge on any atom is -0.468 e. The van der Waals surface area contributed by atoms with E-state index in [1.165, 1.54) is 20.0 Å². The molecule has 1 aliphatic carbocycles. The molecular weight excluding hydrogens is 192 g/mol. The molecule has 0 aromatic heterocycles. The maximum absolute atomic E-state index is 11.5. The van der Waals surface area contributed by atoms with E-state index in [1.807, 2.05) is 7.05 Å². The van der Waals surface area contributed by atoms with E-state index in [-0.39, 0.29) is 12.0 Å². The van der Waals surface area contributed by atoms with Gasteiger partial charge in [-0.3, -0.25) is 4.79 Å². The van der Waals surface area contributed by atoms with E-state index < -0.39 is 0 Å². The Hall–Kier alpha value is -0.610. The molecular formula is C11H22N2O2. The summed E-state index contributed by atoms with van der Waals surface area (Å²) in [5.74, 6) is -0.148. The third-order valence-electron chi connectivity index (χ3n) is 2.60. The molecule has 0 heterocycles. The molecule has 1 fully saturated rings. The molecule has 0 bridgehead atoms. The van der Waals surface area contributed by atoms with Crippen molar-refractivity contribution >= 4 is 5.97 Å². The number of likely N-dealkylation sites (N-methyl/N-ethyl adjacent to an activating group) is 1. The molecule has 0 saturated heterocycles. The van der Waals surface area contributed by atoms with Gasteiger partial charge >= 0.3 is 5.97 Å². The lowest BCUT2D eigenvalue weighted by Crippen LogP contribution is -2.46. The fourth-order valence-corrected chi connectivity index (χ4v) is 1.66. The lowest BCUT2D eigenvalue weighted by molar-refractivity contribution is -0.143. The van der Waals surface area contributed by atoms with Gasteiger partial charge in [0, 0.05) is 12.6 Å². The Bertz CT molecular complexity index is 205. The number of rotatable bonds is 7. The monoisotopic (exact) mass is 214 g/mol. The molecule has 15 heavy (non-hydrogen) atoms.